The number of aliphatic carboxylic acids is 1. The molecule has 90 heavy (non-hydrogen) atoms. The monoisotopic (exact) mass is 1310 g/mol. The van der Waals surface area contributed by atoms with Crippen LogP contribution in [0.1, 0.15) is 317 Å². The van der Waals surface area contributed by atoms with Crippen LogP contribution in [-0.2, 0) is 51.9 Å². The number of amides is 2. The Labute approximate surface area is 544 Å². The van der Waals surface area contributed by atoms with Crippen LogP contribution < -0.4 is 5.32 Å². The van der Waals surface area contributed by atoms with Crippen molar-refractivity contribution in [1.29, 1.82) is 0 Å². The van der Waals surface area contributed by atoms with E-state index >= 15 is 0 Å². The summed E-state index contributed by atoms with van der Waals surface area (Å²) >= 11 is 0. The van der Waals surface area contributed by atoms with Gasteiger partial charge in [0.25, 0.3) is 0 Å². The van der Waals surface area contributed by atoms with Crippen molar-refractivity contribution < 1.29 is 87.3 Å². The van der Waals surface area contributed by atoms with Gasteiger partial charge in [-0.05, 0) is 38.5 Å². The van der Waals surface area contributed by atoms with E-state index in [9.17, 15) is 54.4 Å². The summed E-state index contributed by atoms with van der Waals surface area (Å²) in [6, 6.07) is -3.10. The summed E-state index contributed by atoms with van der Waals surface area (Å²) < 4.78 is 55.5. The van der Waals surface area contributed by atoms with Crippen molar-refractivity contribution in [3.05, 3.63) is 0 Å². The normalized spacial score (nSPS) is 22.8. The zero-order valence-electron chi connectivity index (χ0n) is 57.1. The molecule has 0 radical (unpaired) electrons. The number of phosphoric acid groups is 1. The van der Waals surface area contributed by atoms with E-state index in [1.54, 1.807) is 0 Å². The van der Waals surface area contributed by atoms with Crippen LogP contribution in [0.3, 0.4) is 0 Å². The van der Waals surface area contributed by atoms with E-state index < -0.39 is 106 Å². The molecule has 2 aliphatic heterocycles. The second kappa shape index (κ2) is 54.3. The summed E-state index contributed by atoms with van der Waals surface area (Å²) in [5, 5.41) is 59.3. The molecule has 2 saturated heterocycles. The van der Waals surface area contributed by atoms with Crippen LogP contribution >= 0.6 is 7.82 Å². The first kappa shape index (κ1) is 84.2. The fraction of sp³-hybridized carbons (Fsp3) is 0.957. The number of carbonyl (C=O) groups is 3. The molecule has 2 rings (SSSR count). The maximum absolute atomic E-state index is 13.7. The molecular weight excluding hydrogens is 1180 g/mol. The quantitative estimate of drug-likeness (QED) is 0.0121. The van der Waals surface area contributed by atoms with Crippen LogP contribution in [0.25, 0.3) is 0 Å². The molecule has 0 saturated carbocycles. The lowest BCUT2D eigenvalue weighted by Gasteiger charge is -2.47. The molecule has 0 aromatic rings. The van der Waals surface area contributed by atoms with Crippen molar-refractivity contribution >= 4 is 25.6 Å². The number of nitrogens with zero attached hydrogens (tertiary/aromatic N) is 1. The van der Waals surface area contributed by atoms with Gasteiger partial charge in [-0.1, -0.05) is 265 Å². The lowest BCUT2D eigenvalue weighted by Crippen LogP contribution is -2.68. The van der Waals surface area contributed by atoms with Gasteiger partial charge < -0.3 is 64.0 Å². The molecule has 0 aliphatic carbocycles. The standard InChI is InChI=1S/C69H133N2O18P/c1-6-10-14-18-22-26-28-31-35-39-43-47-60(75)71(79)62-66(85-51-48-56(74)45-41-37-33-29-24-20-16-12-8-3)63(76)59(87-67(62)68(77)78)54-86-69-61(70-55(5)73)65(64(58(53-72)88-69)89-90(80,81)82)84-52-49-57(46-42-38-34-30-25-21-17-13-9-4)83-50-44-40-36-32-27-23-19-15-11-7-2/h56-59,61-67,69,72,74,76,79H,6-54H2,1-5H3,(H,70,73)(H,77,78)(H2,80,81,82)/t56-,57-,58-,59-,61-,62-,63-,64-,65-,66-,67+,69-/m1/s1. The summed E-state index contributed by atoms with van der Waals surface area (Å²) in [6.45, 7) is 8.94. The van der Waals surface area contributed by atoms with Crippen molar-refractivity contribution in [2.45, 2.75) is 390 Å². The Balaban J connectivity index is 2.34. The van der Waals surface area contributed by atoms with E-state index in [0.29, 0.717) is 30.9 Å². The van der Waals surface area contributed by atoms with Gasteiger partial charge in [0.1, 0.15) is 48.7 Å². The number of hydroxylamine groups is 2. The molecule has 20 nitrogen and oxygen atoms in total. The molecule has 0 unspecified atom stereocenters. The highest BCUT2D eigenvalue weighted by Crippen LogP contribution is 2.42. The average Bonchev–Trinajstić information content (AvgIpc) is 0.849. The largest absolute Gasteiger partial charge is 0.479 e. The number of unbranched alkanes of at least 4 members (excludes halogenated alkanes) is 35. The fourth-order valence-electron chi connectivity index (χ4n) is 12.6. The number of hydrogen-bond donors (Lipinski definition) is 8. The zero-order valence-corrected chi connectivity index (χ0v) is 58.0. The van der Waals surface area contributed by atoms with Gasteiger partial charge in [-0.3, -0.25) is 19.3 Å². The summed E-state index contributed by atoms with van der Waals surface area (Å²) in [6.07, 6.45) is 31.6. The van der Waals surface area contributed by atoms with E-state index in [2.05, 4.69) is 33.0 Å². The highest BCUT2D eigenvalue weighted by Gasteiger charge is 2.55. The Bertz CT molecular complexity index is 1790. The molecule has 8 N–H and O–H groups in total. The van der Waals surface area contributed by atoms with Gasteiger partial charge in [0.05, 0.1) is 25.4 Å². The number of carboxylic acids is 1. The molecule has 0 bridgehead atoms. The Morgan fingerprint density at radius 3 is 1.42 bits per heavy atom. The van der Waals surface area contributed by atoms with E-state index in [-0.39, 0.29) is 32.2 Å². The first-order valence-electron chi connectivity index (χ1n) is 36.5. The third kappa shape index (κ3) is 39.2. The first-order valence-corrected chi connectivity index (χ1v) is 38.0. The lowest BCUT2D eigenvalue weighted by molar-refractivity contribution is -0.298. The number of ether oxygens (including phenoxy) is 6. The highest BCUT2D eigenvalue weighted by molar-refractivity contribution is 7.46. The number of carboxylic acid groups (broad SMARTS) is 1. The third-order valence-electron chi connectivity index (χ3n) is 18.0. The van der Waals surface area contributed by atoms with Gasteiger partial charge in [0.15, 0.2) is 12.4 Å². The number of carbonyl (C=O) groups excluding carboxylic acids is 2. The molecule has 532 valence electrons. The summed E-state index contributed by atoms with van der Waals surface area (Å²) in [5.74, 6) is -2.95. The van der Waals surface area contributed by atoms with Crippen molar-refractivity contribution in [3.8, 4) is 0 Å². The second-order valence-electron chi connectivity index (χ2n) is 26.1. The number of rotatable bonds is 61. The molecule has 2 aliphatic rings. The van der Waals surface area contributed by atoms with Crippen LogP contribution in [-0.4, -0.2) is 165 Å². The van der Waals surface area contributed by atoms with Crippen molar-refractivity contribution in [2.24, 2.45) is 0 Å². The molecule has 2 heterocycles. The molecule has 0 spiro atoms. The van der Waals surface area contributed by atoms with Gasteiger partial charge in [0.2, 0.25) is 11.8 Å². The summed E-state index contributed by atoms with van der Waals surface area (Å²) in [4.78, 5) is 60.3. The van der Waals surface area contributed by atoms with Crippen LogP contribution in [0.15, 0.2) is 0 Å². The third-order valence-corrected chi connectivity index (χ3v) is 18.5. The summed E-state index contributed by atoms with van der Waals surface area (Å²) in [5.41, 5.74) is 0. The maximum atomic E-state index is 13.7. The molecule has 0 aromatic carbocycles. The predicted octanol–water partition coefficient (Wildman–Crippen LogP) is 14.3. The Morgan fingerprint density at radius 2 is 0.967 bits per heavy atom. The molecule has 0 aromatic heterocycles. The number of phosphoric ester groups is 1. The minimum Gasteiger partial charge on any atom is -0.479 e. The lowest BCUT2D eigenvalue weighted by atomic mass is 9.91. The van der Waals surface area contributed by atoms with E-state index in [4.69, 9.17) is 32.9 Å². The minimum atomic E-state index is -5.30. The summed E-state index contributed by atoms with van der Waals surface area (Å²) in [7, 11) is -5.30. The van der Waals surface area contributed by atoms with Gasteiger partial charge >= 0.3 is 13.8 Å². The first-order chi connectivity index (χ1) is 43.5. The van der Waals surface area contributed by atoms with E-state index in [1.165, 1.54) is 155 Å². The van der Waals surface area contributed by atoms with Crippen LogP contribution in [0, 0.1) is 0 Å². The van der Waals surface area contributed by atoms with Crippen molar-refractivity contribution in [1.82, 2.24) is 10.4 Å². The van der Waals surface area contributed by atoms with Gasteiger partial charge in [-0.2, -0.15) is 0 Å². The average molecular weight is 1310 g/mol. The SMILES string of the molecule is CCCCCCCCCCCCCC(=O)N(O)[C@@H]1[C@@H](OCC[C@H](O)CCCCCCCCCCC)[C@H](O)[C@@H](CO[C@@H]2O[C@H](CO)[C@@H](OP(=O)(O)O)[C@H](OCC[C@@H](CCCCCCCCCCC)OCCCCCCCCCCCC)[C@H]2NC(C)=O)O[C@@H]1C(=O)O. The number of aliphatic hydroxyl groups is 3. The van der Waals surface area contributed by atoms with Crippen molar-refractivity contribution in [2.75, 3.05) is 33.0 Å². The predicted molar refractivity (Wildman–Crippen MR) is 352 cm³/mol. The minimum absolute atomic E-state index is 0.0125. The molecular formula is C69H133N2O18P. The number of aliphatic hydroxyl groups excluding tert-OH is 3. The number of nitrogens with one attached hydrogen (secondary N) is 1. The number of hydrogen-bond acceptors (Lipinski definition) is 15. The van der Waals surface area contributed by atoms with Crippen LogP contribution in [0.2, 0.25) is 0 Å². The second-order valence-corrected chi connectivity index (χ2v) is 27.3. The fourth-order valence-corrected chi connectivity index (χ4v) is 13.1. The van der Waals surface area contributed by atoms with Gasteiger partial charge in [-0.15, -0.1) is 0 Å². The van der Waals surface area contributed by atoms with Gasteiger partial charge in [-0.25, -0.2) is 14.4 Å². The molecule has 2 amide bonds. The Hall–Kier alpha value is -1.88. The van der Waals surface area contributed by atoms with E-state index in [1.807, 2.05) is 0 Å². The van der Waals surface area contributed by atoms with E-state index in [0.717, 1.165) is 103 Å². The maximum Gasteiger partial charge on any atom is 0.470 e. The zero-order chi connectivity index (χ0) is 66.0. The molecule has 2 fully saturated rings. The smallest absolute Gasteiger partial charge is 0.470 e. The van der Waals surface area contributed by atoms with Gasteiger partial charge in [0, 0.05) is 33.2 Å². The van der Waals surface area contributed by atoms with Crippen LogP contribution in [0.4, 0.5) is 0 Å². The van der Waals surface area contributed by atoms with Crippen LogP contribution in [0.5, 0.6) is 0 Å². The highest BCUT2D eigenvalue weighted by atomic mass is 31.2. The topological polar surface area (TPSA) is 290 Å². The Morgan fingerprint density at radius 1 is 0.533 bits per heavy atom. The van der Waals surface area contributed by atoms with Crippen molar-refractivity contribution in [3.63, 3.8) is 0 Å². The molecule has 21 heteroatoms. The molecule has 12 atom stereocenters. The Kier molecular flexibility index (Phi) is 50.8.